The lowest BCUT2D eigenvalue weighted by Crippen LogP contribution is -2.27. The van der Waals surface area contributed by atoms with Crippen LogP contribution >= 0.6 is 0 Å². The molecule has 0 bridgehead atoms. The number of methoxy groups -OCH3 is 1. The minimum Gasteiger partial charge on any atom is -0.496 e. The Kier molecular flexibility index (Phi) is 7.53. The van der Waals surface area contributed by atoms with E-state index in [-0.39, 0.29) is 11.7 Å². The lowest BCUT2D eigenvalue weighted by molar-refractivity contribution is -0.140. The smallest absolute Gasteiger partial charge is 0.331 e. The van der Waals surface area contributed by atoms with Crippen molar-refractivity contribution in [1.82, 2.24) is 0 Å². The summed E-state index contributed by atoms with van der Waals surface area (Å²) in [6.07, 6.45) is 1.88. The Labute approximate surface area is 176 Å². The summed E-state index contributed by atoms with van der Waals surface area (Å²) in [5, 5.41) is 2.80. The van der Waals surface area contributed by atoms with Gasteiger partial charge in [-0.1, -0.05) is 39.0 Å². The van der Waals surface area contributed by atoms with E-state index in [9.17, 15) is 14.4 Å². The molecule has 1 N–H and O–H groups in total. The number of rotatable bonds is 7. The fourth-order valence-electron chi connectivity index (χ4n) is 2.50. The van der Waals surface area contributed by atoms with Crippen LogP contribution in [0, 0.1) is 5.41 Å². The van der Waals surface area contributed by atoms with Crippen LogP contribution in [-0.2, 0) is 14.3 Å². The number of para-hydroxylation sites is 1. The average Bonchev–Trinajstić information content (AvgIpc) is 2.71. The van der Waals surface area contributed by atoms with Crippen molar-refractivity contribution in [3.8, 4) is 5.75 Å². The van der Waals surface area contributed by atoms with Gasteiger partial charge in [0.05, 0.1) is 7.11 Å². The highest BCUT2D eigenvalue weighted by Crippen LogP contribution is 2.20. The highest BCUT2D eigenvalue weighted by Gasteiger charge is 2.22. The summed E-state index contributed by atoms with van der Waals surface area (Å²) in [7, 11) is 1.55. The Balaban J connectivity index is 1.97. The SMILES string of the molecule is COc1ccccc1/C=C/C(=O)OC(C)C(=O)c1ccc(NC(=O)C(C)(C)C)cc1. The Morgan fingerprint density at radius 1 is 1.00 bits per heavy atom. The van der Waals surface area contributed by atoms with Crippen molar-refractivity contribution in [3.63, 3.8) is 0 Å². The molecule has 2 aromatic carbocycles. The summed E-state index contributed by atoms with van der Waals surface area (Å²) in [6.45, 7) is 6.97. The molecule has 6 heteroatoms. The predicted molar refractivity (Wildman–Crippen MR) is 116 cm³/mol. The van der Waals surface area contributed by atoms with E-state index in [1.54, 1.807) is 49.6 Å². The molecule has 0 aliphatic rings. The van der Waals surface area contributed by atoms with Gasteiger partial charge in [-0.25, -0.2) is 4.79 Å². The lowest BCUT2D eigenvalue weighted by Gasteiger charge is -2.18. The van der Waals surface area contributed by atoms with E-state index in [1.165, 1.54) is 13.0 Å². The van der Waals surface area contributed by atoms with E-state index in [0.29, 0.717) is 17.0 Å². The standard InChI is InChI=1S/C24H27NO5/c1-16(30-21(26)15-12-17-8-6-7-9-20(17)29-5)22(27)18-10-13-19(14-11-18)25-23(28)24(2,3)4/h6-16H,1-5H3,(H,25,28)/b15-12+. The van der Waals surface area contributed by atoms with Crippen molar-refractivity contribution in [2.45, 2.75) is 33.8 Å². The van der Waals surface area contributed by atoms with E-state index in [2.05, 4.69) is 5.32 Å². The first-order chi connectivity index (χ1) is 14.1. The molecule has 0 fully saturated rings. The van der Waals surface area contributed by atoms with Crippen molar-refractivity contribution in [1.29, 1.82) is 0 Å². The second-order valence-electron chi connectivity index (χ2n) is 7.80. The van der Waals surface area contributed by atoms with Crippen molar-refractivity contribution >= 4 is 29.4 Å². The highest BCUT2D eigenvalue weighted by atomic mass is 16.5. The normalized spacial score (nSPS) is 12.3. The minimum absolute atomic E-state index is 0.120. The topological polar surface area (TPSA) is 81.7 Å². The van der Waals surface area contributed by atoms with Crippen molar-refractivity contribution in [3.05, 3.63) is 65.7 Å². The molecule has 2 aromatic rings. The molecule has 0 aromatic heterocycles. The van der Waals surface area contributed by atoms with Gasteiger partial charge in [0.25, 0.3) is 0 Å². The first kappa shape index (κ1) is 22.9. The largest absolute Gasteiger partial charge is 0.496 e. The summed E-state index contributed by atoms with van der Waals surface area (Å²) in [6, 6.07) is 13.7. The average molecular weight is 409 g/mol. The second kappa shape index (κ2) is 9.87. The van der Waals surface area contributed by atoms with Gasteiger partial charge in [-0.15, -0.1) is 0 Å². The molecule has 0 aliphatic carbocycles. The van der Waals surface area contributed by atoms with Gasteiger partial charge in [0, 0.05) is 28.3 Å². The van der Waals surface area contributed by atoms with Gasteiger partial charge >= 0.3 is 5.97 Å². The van der Waals surface area contributed by atoms with Crippen LogP contribution in [0.1, 0.15) is 43.6 Å². The van der Waals surface area contributed by atoms with Gasteiger partial charge in [-0.3, -0.25) is 9.59 Å². The third-order valence-corrected chi connectivity index (χ3v) is 4.31. The van der Waals surface area contributed by atoms with Crippen LogP contribution in [0.3, 0.4) is 0 Å². The molecule has 0 heterocycles. The van der Waals surface area contributed by atoms with Crippen LogP contribution in [0.15, 0.2) is 54.6 Å². The summed E-state index contributed by atoms with van der Waals surface area (Å²) >= 11 is 0. The van der Waals surface area contributed by atoms with Crippen molar-refractivity contribution < 1.29 is 23.9 Å². The highest BCUT2D eigenvalue weighted by molar-refractivity contribution is 6.02. The van der Waals surface area contributed by atoms with Crippen LogP contribution in [0.25, 0.3) is 6.08 Å². The van der Waals surface area contributed by atoms with Crippen LogP contribution < -0.4 is 10.1 Å². The Morgan fingerprint density at radius 3 is 2.23 bits per heavy atom. The number of carbonyl (C=O) groups is 3. The molecule has 1 unspecified atom stereocenters. The maximum atomic E-state index is 12.5. The van der Waals surface area contributed by atoms with Crippen LogP contribution in [0.2, 0.25) is 0 Å². The quantitative estimate of drug-likeness (QED) is 0.413. The van der Waals surface area contributed by atoms with Gasteiger partial charge in [0.2, 0.25) is 11.7 Å². The molecule has 0 aliphatic heterocycles. The van der Waals surface area contributed by atoms with Gasteiger partial charge in [0.15, 0.2) is 6.10 Å². The summed E-state index contributed by atoms with van der Waals surface area (Å²) in [5.41, 5.74) is 1.19. The molecular formula is C24H27NO5. The molecule has 1 atom stereocenters. The zero-order chi connectivity index (χ0) is 22.3. The maximum absolute atomic E-state index is 12.5. The monoisotopic (exact) mass is 409 g/mol. The number of hydrogen-bond acceptors (Lipinski definition) is 5. The molecule has 0 saturated heterocycles. The van der Waals surface area contributed by atoms with E-state index in [4.69, 9.17) is 9.47 Å². The van der Waals surface area contributed by atoms with E-state index < -0.39 is 17.5 Å². The van der Waals surface area contributed by atoms with Gasteiger partial charge < -0.3 is 14.8 Å². The number of carbonyl (C=O) groups excluding carboxylic acids is 3. The predicted octanol–water partition coefficient (Wildman–Crippen LogP) is 4.51. The first-order valence-corrected chi connectivity index (χ1v) is 9.59. The second-order valence-corrected chi connectivity index (χ2v) is 7.80. The van der Waals surface area contributed by atoms with Gasteiger partial charge in [0.1, 0.15) is 5.75 Å². The number of esters is 1. The van der Waals surface area contributed by atoms with E-state index in [0.717, 1.165) is 5.56 Å². The Bertz CT molecular complexity index is 939. The molecule has 30 heavy (non-hydrogen) atoms. The van der Waals surface area contributed by atoms with Gasteiger partial charge in [-0.2, -0.15) is 0 Å². The Morgan fingerprint density at radius 2 is 1.63 bits per heavy atom. The third-order valence-electron chi connectivity index (χ3n) is 4.31. The summed E-state index contributed by atoms with van der Waals surface area (Å²) in [4.78, 5) is 36.7. The molecule has 0 saturated carbocycles. The number of hydrogen-bond donors (Lipinski definition) is 1. The first-order valence-electron chi connectivity index (χ1n) is 9.59. The van der Waals surface area contributed by atoms with Crippen molar-refractivity contribution in [2.24, 2.45) is 5.41 Å². The molecular weight excluding hydrogens is 382 g/mol. The lowest BCUT2D eigenvalue weighted by atomic mass is 9.95. The number of benzene rings is 2. The number of anilines is 1. The molecule has 0 radical (unpaired) electrons. The van der Waals surface area contributed by atoms with Gasteiger partial charge in [-0.05, 0) is 43.3 Å². The Hall–Kier alpha value is -3.41. The number of ketones is 1. The van der Waals surface area contributed by atoms with E-state index in [1.807, 2.05) is 32.9 Å². The zero-order valence-corrected chi connectivity index (χ0v) is 17.9. The molecule has 6 nitrogen and oxygen atoms in total. The molecule has 1 amide bonds. The molecule has 0 spiro atoms. The van der Waals surface area contributed by atoms with Crippen LogP contribution in [0.4, 0.5) is 5.69 Å². The third kappa shape index (κ3) is 6.30. The fourth-order valence-corrected chi connectivity index (χ4v) is 2.50. The minimum atomic E-state index is -0.949. The maximum Gasteiger partial charge on any atom is 0.331 e. The number of nitrogens with one attached hydrogen (secondary N) is 1. The van der Waals surface area contributed by atoms with E-state index >= 15 is 0 Å². The summed E-state index contributed by atoms with van der Waals surface area (Å²) in [5.74, 6) is -0.450. The summed E-state index contributed by atoms with van der Waals surface area (Å²) < 4.78 is 10.4. The van der Waals surface area contributed by atoms with Crippen LogP contribution in [0.5, 0.6) is 5.75 Å². The number of amides is 1. The molecule has 158 valence electrons. The van der Waals surface area contributed by atoms with Crippen LogP contribution in [-0.4, -0.2) is 30.9 Å². The van der Waals surface area contributed by atoms with Crippen molar-refractivity contribution in [2.75, 3.05) is 12.4 Å². The zero-order valence-electron chi connectivity index (χ0n) is 17.9. The molecule has 2 rings (SSSR count). The number of Topliss-reactive ketones (excluding diaryl/α,β-unsaturated/α-hetero) is 1. The number of ether oxygens (including phenoxy) is 2. The fraction of sp³-hybridized carbons (Fsp3) is 0.292.